The molecule has 1 aliphatic rings. The fraction of sp³-hybridized carbons (Fsp3) is 1.00. The number of hydroxylamine groups is 2. The monoisotopic (exact) mass is 102 g/mol. The van der Waals surface area contributed by atoms with E-state index in [-0.39, 0.29) is 0 Å². The van der Waals surface area contributed by atoms with E-state index >= 15 is 0 Å². The lowest BCUT2D eigenvalue weighted by Crippen LogP contribution is -2.21. The molecule has 1 unspecified atom stereocenters. The molecule has 0 aromatic heterocycles. The van der Waals surface area contributed by atoms with Crippen molar-refractivity contribution in [2.24, 2.45) is 0 Å². The summed E-state index contributed by atoms with van der Waals surface area (Å²) in [6, 6.07) is 0. The Balaban J connectivity index is 2.33. The van der Waals surface area contributed by atoms with Crippen LogP contribution in [-0.4, -0.2) is 22.9 Å². The molecule has 3 nitrogen and oxygen atoms in total. The molecule has 1 N–H and O–H groups in total. The van der Waals surface area contributed by atoms with E-state index in [2.05, 4.69) is 0 Å². The standard InChI is InChI=1S/C4H8NO2/c6-4-2-1-3-5(4)7/h4,6H,1-3H2/q-1. The van der Waals surface area contributed by atoms with Crippen LogP contribution in [0.2, 0.25) is 0 Å². The Kier molecular flexibility index (Phi) is 1.27. The Labute approximate surface area is 42.1 Å². The molecule has 0 bridgehead atoms. The van der Waals surface area contributed by atoms with Crippen molar-refractivity contribution in [3.63, 3.8) is 0 Å². The van der Waals surface area contributed by atoms with Crippen molar-refractivity contribution < 1.29 is 5.11 Å². The van der Waals surface area contributed by atoms with Crippen LogP contribution in [0.3, 0.4) is 0 Å². The van der Waals surface area contributed by atoms with Gasteiger partial charge in [0.05, 0.1) is 6.23 Å². The van der Waals surface area contributed by atoms with Crippen LogP contribution in [0, 0.1) is 5.21 Å². The lowest BCUT2D eigenvalue weighted by Gasteiger charge is -2.24. The van der Waals surface area contributed by atoms with Crippen molar-refractivity contribution in [1.29, 1.82) is 0 Å². The summed E-state index contributed by atoms with van der Waals surface area (Å²) in [5.41, 5.74) is 0. The molecule has 0 spiro atoms. The van der Waals surface area contributed by atoms with Gasteiger partial charge in [-0.1, -0.05) is 0 Å². The molecule has 0 amide bonds. The Bertz CT molecular complexity index is 58.7. The molecular formula is C4H8NO2-. The van der Waals surface area contributed by atoms with Gasteiger partial charge in [-0.15, -0.1) is 0 Å². The van der Waals surface area contributed by atoms with Crippen LogP contribution >= 0.6 is 0 Å². The fourth-order valence-electron chi connectivity index (χ4n) is 0.723. The maximum atomic E-state index is 10.2. The minimum Gasteiger partial charge on any atom is -0.783 e. The second-order valence-electron chi connectivity index (χ2n) is 1.76. The van der Waals surface area contributed by atoms with Gasteiger partial charge in [-0.3, -0.25) is 0 Å². The maximum Gasteiger partial charge on any atom is 0.0957 e. The molecule has 0 saturated carbocycles. The van der Waals surface area contributed by atoms with Crippen molar-refractivity contribution in [3.8, 4) is 0 Å². The molecule has 0 aromatic rings. The van der Waals surface area contributed by atoms with Crippen LogP contribution in [-0.2, 0) is 0 Å². The predicted octanol–water partition coefficient (Wildman–Crippen LogP) is -0.102. The van der Waals surface area contributed by atoms with E-state index in [4.69, 9.17) is 5.11 Å². The van der Waals surface area contributed by atoms with Crippen LogP contribution < -0.4 is 0 Å². The van der Waals surface area contributed by atoms with Crippen molar-refractivity contribution in [2.75, 3.05) is 6.54 Å². The SMILES string of the molecule is [O-]N1CCCC1O. The van der Waals surface area contributed by atoms with E-state index in [0.29, 0.717) is 18.0 Å². The van der Waals surface area contributed by atoms with Gasteiger partial charge in [-0.05, 0) is 19.4 Å². The fourth-order valence-corrected chi connectivity index (χ4v) is 0.723. The molecule has 1 aliphatic heterocycles. The summed E-state index contributed by atoms with van der Waals surface area (Å²) in [6.45, 7) is 0.501. The molecule has 1 rings (SSSR count). The third kappa shape index (κ3) is 0.907. The highest BCUT2D eigenvalue weighted by molar-refractivity contribution is 4.69. The third-order valence-electron chi connectivity index (χ3n) is 1.17. The molecule has 1 atom stereocenters. The van der Waals surface area contributed by atoms with Gasteiger partial charge in [0.2, 0.25) is 0 Å². The number of hydrogen-bond acceptors (Lipinski definition) is 3. The molecular weight excluding hydrogens is 94.0 g/mol. The first-order valence-electron chi connectivity index (χ1n) is 2.42. The summed E-state index contributed by atoms with van der Waals surface area (Å²) in [5.74, 6) is 0. The lowest BCUT2D eigenvalue weighted by atomic mass is 10.4. The average Bonchev–Trinajstić information content (AvgIpc) is 1.91. The molecule has 42 valence electrons. The first kappa shape index (κ1) is 5.03. The first-order chi connectivity index (χ1) is 3.30. The predicted molar refractivity (Wildman–Crippen MR) is 25.3 cm³/mol. The molecule has 1 heterocycles. The van der Waals surface area contributed by atoms with Crippen LogP contribution in [0.5, 0.6) is 0 Å². The van der Waals surface area contributed by atoms with Gasteiger partial charge < -0.3 is 15.4 Å². The van der Waals surface area contributed by atoms with Gasteiger partial charge in [0.1, 0.15) is 0 Å². The van der Waals surface area contributed by atoms with E-state index in [0.717, 1.165) is 6.42 Å². The summed E-state index contributed by atoms with van der Waals surface area (Å²) in [5, 5.41) is 19.6. The Morgan fingerprint density at radius 1 is 1.71 bits per heavy atom. The van der Waals surface area contributed by atoms with Crippen molar-refractivity contribution >= 4 is 0 Å². The number of aliphatic hydroxyl groups excluding tert-OH is 1. The highest BCUT2D eigenvalue weighted by Gasteiger charge is 2.11. The smallest absolute Gasteiger partial charge is 0.0957 e. The summed E-state index contributed by atoms with van der Waals surface area (Å²) < 4.78 is 0. The molecule has 7 heavy (non-hydrogen) atoms. The van der Waals surface area contributed by atoms with Gasteiger partial charge >= 0.3 is 0 Å². The van der Waals surface area contributed by atoms with Crippen LogP contribution in [0.15, 0.2) is 0 Å². The zero-order valence-corrected chi connectivity index (χ0v) is 4.00. The largest absolute Gasteiger partial charge is 0.783 e. The topological polar surface area (TPSA) is 46.5 Å². The molecule has 0 aliphatic carbocycles. The third-order valence-corrected chi connectivity index (χ3v) is 1.17. The molecule has 0 radical (unpaired) electrons. The Hall–Kier alpha value is -0.120. The average molecular weight is 102 g/mol. The first-order valence-corrected chi connectivity index (χ1v) is 2.42. The number of aliphatic hydroxyl groups is 1. The van der Waals surface area contributed by atoms with Crippen LogP contribution in [0.25, 0.3) is 0 Å². The zero-order valence-electron chi connectivity index (χ0n) is 4.00. The number of nitrogens with zero attached hydrogens (tertiary/aromatic N) is 1. The summed E-state index contributed by atoms with van der Waals surface area (Å²) in [4.78, 5) is 0. The summed E-state index contributed by atoms with van der Waals surface area (Å²) >= 11 is 0. The number of hydrogen-bond donors (Lipinski definition) is 1. The highest BCUT2D eigenvalue weighted by atomic mass is 16.5. The van der Waals surface area contributed by atoms with Gasteiger partial charge in [-0.25, -0.2) is 0 Å². The van der Waals surface area contributed by atoms with E-state index < -0.39 is 6.23 Å². The quantitative estimate of drug-likeness (QED) is 0.464. The Morgan fingerprint density at radius 2 is 2.43 bits per heavy atom. The molecule has 1 fully saturated rings. The van der Waals surface area contributed by atoms with E-state index in [1.165, 1.54) is 0 Å². The zero-order chi connectivity index (χ0) is 5.28. The van der Waals surface area contributed by atoms with Crippen molar-refractivity contribution in [3.05, 3.63) is 5.21 Å². The van der Waals surface area contributed by atoms with Crippen LogP contribution in [0.1, 0.15) is 12.8 Å². The van der Waals surface area contributed by atoms with E-state index in [1.807, 2.05) is 0 Å². The summed E-state index contributed by atoms with van der Waals surface area (Å²) in [7, 11) is 0. The molecule has 0 aromatic carbocycles. The minimum absolute atomic E-state index is 0.501. The number of rotatable bonds is 0. The van der Waals surface area contributed by atoms with Crippen LogP contribution in [0.4, 0.5) is 0 Å². The van der Waals surface area contributed by atoms with Crippen molar-refractivity contribution in [2.45, 2.75) is 19.1 Å². The lowest BCUT2D eigenvalue weighted by molar-refractivity contribution is 0.0722. The summed E-state index contributed by atoms with van der Waals surface area (Å²) in [6.07, 6.45) is 0.772. The second kappa shape index (κ2) is 1.78. The van der Waals surface area contributed by atoms with Gasteiger partial charge in [0.25, 0.3) is 0 Å². The van der Waals surface area contributed by atoms with Gasteiger partial charge in [0.15, 0.2) is 0 Å². The van der Waals surface area contributed by atoms with Crippen molar-refractivity contribution in [1.82, 2.24) is 5.06 Å². The maximum absolute atomic E-state index is 10.2. The normalized spacial score (nSPS) is 34.3. The minimum atomic E-state index is -0.708. The van der Waals surface area contributed by atoms with Gasteiger partial charge in [0, 0.05) is 0 Å². The Morgan fingerprint density at radius 3 is 2.57 bits per heavy atom. The van der Waals surface area contributed by atoms with E-state index in [9.17, 15) is 5.21 Å². The second-order valence-corrected chi connectivity index (χ2v) is 1.76. The highest BCUT2D eigenvalue weighted by Crippen LogP contribution is 2.11. The van der Waals surface area contributed by atoms with E-state index in [1.54, 1.807) is 0 Å². The van der Waals surface area contributed by atoms with Gasteiger partial charge in [-0.2, -0.15) is 0 Å². The molecule has 3 heteroatoms. The molecule has 1 saturated heterocycles.